The Morgan fingerprint density at radius 3 is 2.04 bits per heavy atom. The molecule has 2 fully saturated rings. The van der Waals surface area contributed by atoms with E-state index < -0.39 is 143 Å². The number of nitrogens with two attached hydrogens (primary N) is 6. The van der Waals surface area contributed by atoms with Crippen molar-refractivity contribution in [1.82, 2.24) is 20.2 Å². The van der Waals surface area contributed by atoms with Crippen LogP contribution in [0.1, 0.15) is 139 Å². The predicted octanol–water partition coefficient (Wildman–Crippen LogP) is 2.56. The molecule has 6 aliphatic rings. The first-order valence-corrected chi connectivity index (χ1v) is 31.8. The Balaban J connectivity index is 1.19. The van der Waals surface area contributed by atoms with Crippen LogP contribution in [0.3, 0.4) is 0 Å². The number of rotatable bonds is 27. The third-order valence-electron chi connectivity index (χ3n) is 20.2. The number of ether oxygens (including phenoxy) is 2. The third kappa shape index (κ3) is 13.0. The van der Waals surface area contributed by atoms with Crippen LogP contribution >= 0.6 is 7.82 Å². The van der Waals surface area contributed by atoms with Crippen LogP contribution in [0.2, 0.25) is 0 Å². The van der Waals surface area contributed by atoms with Gasteiger partial charge < -0.3 is 74.2 Å². The van der Waals surface area contributed by atoms with Gasteiger partial charge in [0.15, 0.2) is 6.23 Å². The number of nitrogens with zero attached hydrogens (tertiary/aromatic N) is 5. The molecular formula is C61H88N13O15P. The lowest BCUT2D eigenvalue weighted by Gasteiger charge is -2.48. The minimum Gasteiger partial charge on any atom is -0.497 e. The standard InChI is InChI=1S/C61H88N13O15P/c1-29(88-90(84,85)89-52-40(27-75)87-56(51(52)83)74-28-69-37-15-11-32(86-10)21-39(37)74)26-68-48(82)19-20-58(6)36(22-45(65)79)55-61(9)60(8,25-47(67)81)35(14-18-44(64)78)50(73-61)31(3)54-59(7,24-46(66)80)33(12-16-42(62)76)38(70-54)23-41-57(4,5)34(13-17-43(63)77)49(71-41)30(2)53(58)72-55/h11,15,21,23,28-29,33-36,40,51-52,55-56,70,75,83H,12-14,16-20,22,24-27H2,1-10H3,(H2,62,76)(H2,63,77)(H2,64,78)(H2,65,79)(H2,66,80)(H2,67,81)(H,68,82)(H,84,85)/t29-,33-,34-,35-,36+,40-,51-,52-,55-,56+,58-,59+,60+,61+/m1/s1. The molecule has 0 radical (unpaired) electrons. The number of benzene rings is 1. The second-order valence-electron chi connectivity index (χ2n) is 26.5. The summed E-state index contributed by atoms with van der Waals surface area (Å²) in [4.78, 5) is 126. The van der Waals surface area contributed by atoms with Crippen molar-refractivity contribution in [2.45, 2.75) is 175 Å². The molecule has 0 aliphatic carbocycles. The number of hydrogen-bond donors (Lipinski definition) is 11. The molecular weight excluding hydrogens is 1190 g/mol. The number of carbonyl (C=O) groups is 7. The maximum atomic E-state index is 14.4. The van der Waals surface area contributed by atoms with Crippen LogP contribution in [-0.4, -0.2) is 139 Å². The van der Waals surface area contributed by atoms with Crippen molar-refractivity contribution in [2.24, 2.45) is 94.7 Å². The van der Waals surface area contributed by atoms with Gasteiger partial charge in [-0.25, -0.2) is 9.55 Å². The average molecular weight is 1270 g/mol. The van der Waals surface area contributed by atoms with Crippen molar-refractivity contribution >= 4 is 77.3 Å². The molecule has 7 amide bonds. The number of aliphatic hydroxyl groups excluding tert-OH is 2. The molecule has 90 heavy (non-hydrogen) atoms. The van der Waals surface area contributed by atoms with Gasteiger partial charge in [-0.1, -0.05) is 34.6 Å². The highest BCUT2D eigenvalue weighted by Crippen LogP contribution is 2.63. The van der Waals surface area contributed by atoms with Crippen LogP contribution < -0.4 is 49.8 Å². The molecule has 17 N–H and O–H groups in total. The molecule has 1 aromatic heterocycles. The van der Waals surface area contributed by atoms with Crippen molar-refractivity contribution in [3.05, 3.63) is 58.8 Å². The summed E-state index contributed by atoms with van der Waals surface area (Å²) in [5.41, 5.74) is 35.2. The van der Waals surface area contributed by atoms with Crippen molar-refractivity contribution in [2.75, 3.05) is 20.3 Å². The monoisotopic (exact) mass is 1270 g/mol. The van der Waals surface area contributed by atoms with Crippen molar-refractivity contribution in [3.8, 4) is 5.75 Å². The van der Waals surface area contributed by atoms with Gasteiger partial charge in [0.1, 0.15) is 24.1 Å². The number of amides is 7. The number of hydrogen-bond acceptors (Lipinski definition) is 19. The summed E-state index contributed by atoms with van der Waals surface area (Å²) in [6, 6.07) is 4.01. The highest BCUT2D eigenvalue weighted by Gasteiger charge is 2.66. The van der Waals surface area contributed by atoms with Crippen LogP contribution in [0.4, 0.5) is 0 Å². The van der Waals surface area contributed by atoms with E-state index in [0.29, 0.717) is 62.2 Å². The number of carbonyl (C=O) groups excluding carboxylic acids is 7. The lowest BCUT2D eigenvalue weighted by molar-refractivity contribution is -0.124. The quantitative estimate of drug-likeness (QED) is 0.0573. The summed E-state index contributed by atoms with van der Waals surface area (Å²) in [6.07, 6.45) is -4.52. The number of phosphoric ester groups is 1. The van der Waals surface area contributed by atoms with E-state index in [0.717, 1.165) is 0 Å². The molecule has 29 heteroatoms. The zero-order chi connectivity index (χ0) is 66.5. The number of methoxy groups -OCH3 is 1. The van der Waals surface area contributed by atoms with Gasteiger partial charge in [0.2, 0.25) is 41.4 Å². The topological polar surface area (TPSA) is 469 Å². The highest BCUT2D eigenvalue weighted by molar-refractivity contribution is 7.47. The minimum atomic E-state index is -5.09. The first-order valence-electron chi connectivity index (χ1n) is 30.3. The fourth-order valence-corrected chi connectivity index (χ4v) is 16.4. The van der Waals surface area contributed by atoms with Crippen molar-refractivity contribution in [3.63, 3.8) is 0 Å². The van der Waals surface area contributed by atoms with Gasteiger partial charge in [-0.2, -0.15) is 0 Å². The Kier molecular flexibility index (Phi) is 19.7. The van der Waals surface area contributed by atoms with Gasteiger partial charge >= 0.3 is 7.82 Å². The molecule has 2 saturated heterocycles. The highest BCUT2D eigenvalue weighted by atomic mass is 31.2. The number of aliphatic hydroxyl groups is 2. The fourth-order valence-electron chi connectivity index (χ4n) is 15.3. The molecule has 492 valence electrons. The molecule has 8 bridgehead atoms. The van der Waals surface area contributed by atoms with Crippen LogP contribution in [0, 0.1) is 45.3 Å². The van der Waals surface area contributed by atoms with E-state index >= 15 is 0 Å². The van der Waals surface area contributed by atoms with E-state index in [1.807, 2.05) is 61.5 Å². The smallest absolute Gasteiger partial charge is 0.472 e. The first kappa shape index (κ1) is 68.7. The summed E-state index contributed by atoms with van der Waals surface area (Å²) in [6.45, 7) is 15.3. The number of fused-ring (bicyclic) bond motifs is 7. The Bertz CT molecular complexity index is 3500. The molecule has 7 heterocycles. The predicted molar refractivity (Wildman–Crippen MR) is 331 cm³/mol. The van der Waals surface area contributed by atoms with Gasteiger partial charge in [0, 0.05) is 137 Å². The lowest BCUT2D eigenvalue weighted by Crippen LogP contribution is -2.56. The molecule has 1 aromatic carbocycles. The third-order valence-corrected chi connectivity index (χ3v) is 21.3. The Labute approximate surface area is 522 Å². The average Bonchev–Trinajstić information content (AvgIpc) is 1.53. The lowest BCUT2D eigenvalue weighted by atomic mass is 9.55. The SMILES string of the molecule is COc1ccc2ncn([C@H]3O[C@H](CO)[C@@H](OP(=O)(O)O[C@H](C)CNC(=O)CC[C@@]4(C)C5=N[C@H]([C@@H]4CC(N)=O)[C@]4(C)N=C(C(C)=C6NC(=CC7=NC(=C5C)[C@@H](CCC(N)=O)C7(C)C)[C@@H](CCC(N)=O)[C@]6(C)CC(N)=O)[C@@H](CCC(N)=O)[C@]4(C)CC(N)=O)[C@H]3O)c2c1. The Morgan fingerprint density at radius 1 is 0.833 bits per heavy atom. The maximum absolute atomic E-state index is 14.4. The normalized spacial score (nSPS) is 32.0. The van der Waals surface area contributed by atoms with E-state index in [-0.39, 0.29) is 77.2 Å². The van der Waals surface area contributed by atoms with E-state index in [2.05, 4.69) is 15.6 Å². The van der Waals surface area contributed by atoms with E-state index in [1.54, 1.807) is 18.2 Å². The number of nitrogens with one attached hydrogen (secondary N) is 2. The number of allylic oxidation sites excluding steroid dienone is 6. The largest absolute Gasteiger partial charge is 0.497 e. The molecule has 0 spiro atoms. The number of aromatic nitrogens is 2. The molecule has 0 saturated carbocycles. The van der Waals surface area contributed by atoms with E-state index in [1.165, 1.54) is 24.9 Å². The fraction of sp³-hybridized carbons (Fsp3) is 0.623. The number of aliphatic imine (C=N–C) groups is 3. The van der Waals surface area contributed by atoms with Gasteiger partial charge in [-0.3, -0.25) is 57.6 Å². The number of phosphoric acid groups is 1. The number of primary amides is 6. The maximum Gasteiger partial charge on any atom is 0.472 e. The molecule has 28 nitrogen and oxygen atoms in total. The summed E-state index contributed by atoms with van der Waals surface area (Å²) in [5, 5.41) is 28.2. The van der Waals surface area contributed by atoms with Gasteiger partial charge in [0.05, 0.1) is 48.8 Å². The Morgan fingerprint density at radius 2 is 1.46 bits per heavy atom. The van der Waals surface area contributed by atoms with E-state index in [9.17, 15) is 53.2 Å². The second-order valence-corrected chi connectivity index (χ2v) is 27.9. The van der Waals surface area contributed by atoms with Crippen LogP contribution in [0.15, 0.2) is 73.8 Å². The van der Waals surface area contributed by atoms with Crippen LogP contribution in [0.5, 0.6) is 5.75 Å². The summed E-state index contributed by atoms with van der Waals surface area (Å²) < 4.78 is 37.4. The van der Waals surface area contributed by atoms with Gasteiger partial charge in [-0.15, -0.1) is 0 Å². The minimum absolute atomic E-state index is 0.0177. The summed E-state index contributed by atoms with van der Waals surface area (Å²) >= 11 is 0. The van der Waals surface area contributed by atoms with Crippen molar-refractivity contribution in [1.29, 1.82) is 0 Å². The number of imidazole rings is 1. The zero-order valence-electron chi connectivity index (χ0n) is 52.7. The van der Waals surface area contributed by atoms with Crippen molar-refractivity contribution < 1.29 is 71.8 Å². The first-order chi connectivity index (χ1) is 42.0. The van der Waals surface area contributed by atoms with E-state index in [4.69, 9.17) is 67.9 Å². The second kappa shape index (κ2) is 25.8. The summed E-state index contributed by atoms with van der Waals surface area (Å²) in [7, 11) is -3.60. The van der Waals surface area contributed by atoms with Crippen LogP contribution in [-0.2, 0) is 51.9 Å². The van der Waals surface area contributed by atoms with Crippen LogP contribution in [0.25, 0.3) is 11.0 Å². The molecule has 6 aliphatic heterocycles. The Hall–Kier alpha value is -7.20. The molecule has 15 atom stereocenters. The van der Waals surface area contributed by atoms with Gasteiger partial charge in [0.25, 0.3) is 0 Å². The summed E-state index contributed by atoms with van der Waals surface area (Å²) in [5.74, 6) is -6.73. The molecule has 1 unspecified atom stereocenters. The molecule has 2 aromatic rings. The molecule has 8 rings (SSSR count). The van der Waals surface area contributed by atoms with Gasteiger partial charge in [-0.05, 0) is 82.7 Å². The zero-order valence-corrected chi connectivity index (χ0v) is 53.6.